The van der Waals surface area contributed by atoms with Gasteiger partial charge in [-0.25, -0.2) is 10.3 Å². The number of esters is 1. The van der Waals surface area contributed by atoms with Crippen LogP contribution in [-0.4, -0.2) is 13.1 Å². The van der Waals surface area contributed by atoms with Gasteiger partial charge in [-0.05, 0) is 41.0 Å². The molecule has 0 radical (unpaired) electrons. The number of carbonyl (C=O) groups excluding carboxylic acids is 1. The van der Waals surface area contributed by atoms with Gasteiger partial charge in [0.25, 0.3) is 0 Å². The summed E-state index contributed by atoms with van der Waals surface area (Å²) in [5.74, 6) is 0.343. The summed E-state index contributed by atoms with van der Waals surface area (Å²) in [5, 5.41) is 3.77. The van der Waals surface area contributed by atoms with Gasteiger partial charge < -0.3 is 9.47 Å². The Morgan fingerprint density at radius 2 is 1.67 bits per heavy atom. The third-order valence-corrected chi connectivity index (χ3v) is 4.20. The van der Waals surface area contributed by atoms with Gasteiger partial charge in [0.05, 0.1) is 12.7 Å². The predicted molar refractivity (Wildman–Crippen MR) is 102 cm³/mol. The first-order valence-corrected chi connectivity index (χ1v) is 8.53. The highest BCUT2D eigenvalue weighted by Gasteiger charge is 2.13. The highest BCUT2D eigenvalue weighted by molar-refractivity contribution is 5.89. The number of nitrogens with one attached hydrogen (secondary N) is 1. The van der Waals surface area contributed by atoms with Crippen LogP contribution in [0, 0.1) is 5.53 Å². The number of carbonyl (C=O) groups is 1. The zero-order valence-electron chi connectivity index (χ0n) is 15.0. The molecule has 3 aromatic carbocycles. The van der Waals surface area contributed by atoms with Crippen molar-refractivity contribution in [2.45, 2.75) is 12.6 Å². The van der Waals surface area contributed by atoms with Crippen molar-refractivity contribution in [2.75, 3.05) is 7.11 Å². The van der Waals surface area contributed by atoms with E-state index in [1.165, 1.54) is 7.11 Å². The highest BCUT2D eigenvalue weighted by atomic mass is 16.5. The van der Waals surface area contributed by atoms with Crippen molar-refractivity contribution < 1.29 is 14.3 Å². The van der Waals surface area contributed by atoms with E-state index in [-0.39, 0.29) is 12.0 Å². The summed E-state index contributed by atoms with van der Waals surface area (Å²) >= 11 is 0. The lowest BCUT2D eigenvalue weighted by molar-refractivity contribution is 0.0600. The molecule has 0 bridgehead atoms. The van der Waals surface area contributed by atoms with E-state index in [9.17, 15) is 4.79 Å². The molecule has 3 aromatic rings. The van der Waals surface area contributed by atoms with Gasteiger partial charge in [-0.3, -0.25) is 0 Å². The van der Waals surface area contributed by atoms with Crippen molar-refractivity contribution in [3.05, 3.63) is 101 Å². The molecule has 27 heavy (non-hydrogen) atoms. The lowest BCUT2D eigenvalue weighted by Crippen LogP contribution is -2.02. The Labute approximate surface area is 158 Å². The summed E-state index contributed by atoms with van der Waals surface area (Å²) in [7, 11) is 1.36. The Morgan fingerprint density at radius 1 is 0.963 bits per heavy atom. The van der Waals surface area contributed by atoms with Gasteiger partial charge in [-0.1, -0.05) is 54.6 Å². The molecule has 136 valence electrons. The van der Waals surface area contributed by atoms with Gasteiger partial charge >= 0.3 is 5.97 Å². The SMILES string of the molecule is COC(=O)c1ccc(COc2cccc(C(N=N)c3ccccc3)c2)cc1. The average Bonchev–Trinajstić information content (AvgIpc) is 2.74. The molecule has 1 atom stereocenters. The Balaban J connectivity index is 1.70. The average molecular weight is 360 g/mol. The van der Waals surface area contributed by atoms with Crippen molar-refractivity contribution >= 4 is 5.97 Å². The molecular weight excluding hydrogens is 340 g/mol. The van der Waals surface area contributed by atoms with Crippen molar-refractivity contribution in [3.63, 3.8) is 0 Å². The Morgan fingerprint density at radius 3 is 2.33 bits per heavy atom. The number of ether oxygens (including phenoxy) is 2. The van der Waals surface area contributed by atoms with E-state index >= 15 is 0 Å². The quantitative estimate of drug-likeness (QED) is 0.466. The molecule has 0 fully saturated rings. The molecule has 0 heterocycles. The minimum absolute atomic E-state index is 0.353. The first-order valence-electron chi connectivity index (χ1n) is 8.53. The molecule has 0 aliphatic heterocycles. The Kier molecular flexibility index (Phi) is 5.94. The second-order valence-corrected chi connectivity index (χ2v) is 5.99. The molecule has 0 spiro atoms. The lowest BCUT2D eigenvalue weighted by atomic mass is 9.99. The van der Waals surface area contributed by atoms with Crippen molar-refractivity contribution in [2.24, 2.45) is 5.11 Å². The number of hydrogen-bond donors (Lipinski definition) is 1. The summed E-state index contributed by atoms with van der Waals surface area (Å²) < 4.78 is 10.6. The summed E-state index contributed by atoms with van der Waals surface area (Å²) in [6.45, 7) is 0.374. The molecular formula is C22H20N2O3. The van der Waals surface area contributed by atoms with E-state index in [1.54, 1.807) is 12.1 Å². The summed E-state index contributed by atoms with van der Waals surface area (Å²) in [5.41, 5.74) is 10.9. The highest BCUT2D eigenvalue weighted by Crippen LogP contribution is 2.28. The Hall–Kier alpha value is -3.47. The molecule has 5 nitrogen and oxygen atoms in total. The summed E-state index contributed by atoms with van der Waals surface area (Å²) in [4.78, 5) is 11.5. The molecule has 5 heteroatoms. The third-order valence-electron chi connectivity index (χ3n) is 4.20. The molecule has 0 amide bonds. The number of hydrogen-bond acceptors (Lipinski definition) is 5. The molecule has 0 saturated carbocycles. The molecule has 1 N–H and O–H groups in total. The maximum absolute atomic E-state index is 11.5. The topological polar surface area (TPSA) is 71.7 Å². The van der Waals surface area contributed by atoms with Crippen molar-refractivity contribution in [1.82, 2.24) is 0 Å². The van der Waals surface area contributed by atoms with Gasteiger partial charge in [0, 0.05) is 0 Å². The first kappa shape index (κ1) is 18.3. The molecule has 0 aromatic heterocycles. The first-order chi connectivity index (χ1) is 13.2. The summed E-state index contributed by atoms with van der Waals surface area (Å²) in [6, 6.07) is 24.1. The zero-order valence-corrected chi connectivity index (χ0v) is 15.0. The molecule has 0 saturated heterocycles. The van der Waals surface area contributed by atoms with Gasteiger partial charge in [-0.2, -0.15) is 5.11 Å². The van der Waals surface area contributed by atoms with Gasteiger partial charge in [0.2, 0.25) is 0 Å². The van der Waals surface area contributed by atoms with E-state index in [2.05, 4.69) is 5.11 Å². The monoisotopic (exact) mass is 360 g/mol. The second kappa shape index (κ2) is 8.76. The van der Waals surface area contributed by atoms with Crippen LogP contribution in [0.1, 0.15) is 33.1 Å². The number of methoxy groups -OCH3 is 1. The fourth-order valence-corrected chi connectivity index (χ4v) is 2.77. The Bertz CT molecular complexity index is 908. The predicted octanol–water partition coefficient (Wildman–Crippen LogP) is 5.17. The fourth-order valence-electron chi connectivity index (χ4n) is 2.77. The van der Waals surface area contributed by atoms with E-state index < -0.39 is 0 Å². The number of benzene rings is 3. The van der Waals surface area contributed by atoms with Crippen LogP contribution in [0.2, 0.25) is 0 Å². The number of nitrogens with zero attached hydrogens (tertiary/aromatic N) is 1. The third kappa shape index (κ3) is 4.58. The van der Waals surface area contributed by atoms with Crippen LogP contribution in [0.5, 0.6) is 5.75 Å². The van der Waals surface area contributed by atoms with Crippen LogP contribution in [0.4, 0.5) is 0 Å². The van der Waals surface area contributed by atoms with Crippen LogP contribution in [-0.2, 0) is 11.3 Å². The van der Waals surface area contributed by atoms with Crippen LogP contribution >= 0.6 is 0 Å². The smallest absolute Gasteiger partial charge is 0.337 e. The van der Waals surface area contributed by atoms with E-state index in [1.807, 2.05) is 66.7 Å². The molecule has 0 aliphatic rings. The molecule has 1 unspecified atom stereocenters. The molecule has 0 aliphatic carbocycles. The summed E-state index contributed by atoms with van der Waals surface area (Å²) in [6.07, 6.45) is 0. The largest absolute Gasteiger partial charge is 0.489 e. The fraction of sp³-hybridized carbons (Fsp3) is 0.136. The van der Waals surface area contributed by atoms with Crippen molar-refractivity contribution in [3.8, 4) is 5.75 Å². The van der Waals surface area contributed by atoms with E-state index in [0.29, 0.717) is 17.9 Å². The lowest BCUT2D eigenvalue weighted by Gasteiger charge is -2.13. The van der Waals surface area contributed by atoms with Crippen LogP contribution in [0.3, 0.4) is 0 Å². The zero-order chi connectivity index (χ0) is 19.1. The van der Waals surface area contributed by atoms with Crippen molar-refractivity contribution in [1.29, 1.82) is 5.53 Å². The minimum atomic E-state index is -0.360. The standard InChI is InChI=1S/C22H20N2O3/c1-26-22(25)18-12-10-16(11-13-18)15-27-20-9-5-8-19(14-20)21(24-23)17-6-3-2-4-7-17/h2-14,21,23H,15H2,1H3. The van der Waals surface area contributed by atoms with E-state index in [0.717, 1.165) is 16.7 Å². The maximum atomic E-state index is 11.5. The van der Waals surface area contributed by atoms with Crippen LogP contribution < -0.4 is 4.74 Å². The normalized spacial score (nSPS) is 11.4. The maximum Gasteiger partial charge on any atom is 0.337 e. The van der Waals surface area contributed by atoms with Crippen LogP contribution in [0.25, 0.3) is 0 Å². The van der Waals surface area contributed by atoms with E-state index in [4.69, 9.17) is 15.0 Å². The second-order valence-electron chi connectivity index (χ2n) is 5.99. The minimum Gasteiger partial charge on any atom is -0.489 e. The van der Waals surface area contributed by atoms with Gasteiger partial charge in [-0.15, -0.1) is 0 Å². The molecule has 3 rings (SSSR count). The van der Waals surface area contributed by atoms with Crippen LogP contribution in [0.15, 0.2) is 84.0 Å². The van der Waals surface area contributed by atoms with Gasteiger partial charge in [0.15, 0.2) is 0 Å². The number of rotatable bonds is 7. The van der Waals surface area contributed by atoms with Gasteiger partial charge in [0.1, 0.15) is 18.4 Å².